The van der Waals surface area contributed by atoms with E-state index in [0.717, 1.165) is 19.3 Å². The minimum absolute atomic E-state index is 0.0185. The highest BCUT2D eigenvalue weighted by molar-refractivity contribution is 5.58. The van der Waals surface area contributed by atoms with Gasteiger partial charge in [-0.05, 0) is 6.42 Å². The Morgan fingerprint density at radius 3 is 2.75 bits per heavy atom. The molecule has 1 fully saturated rings. The Morgan fingerprint density at radius 1 is 1.75 bits per heavy atom. The Balaban J connectivity index is 2.32. The highest BCUT2D eigenvalue weighted by Crippen LogP contribution is 1.99. The summed E-state index contributed by atoms with van der Waals surface area (Å²) in [5.41, 5.74) is 5.48. The molecule has 0 aromatic rings. The maximum absolute atomic E-state index is 10.0. The van der Waals surface area contributed by atoms with Crippen LogP contribution in [0, 0.1) is 0 Å². The topological polar surface area (TPSA) is 55.1 Å². The number of rotatable bonds is 1. The largest absolute Gasteiger partial charge is 0.326 e. The molecule has 0 aliphatic carbocycles. The Bertz CT molecular complexity index is 94.4. The summed E-state index contributed by atoms with van der Waals surface area (Å²) in [5, 5.41) is 2.96. The van der Waals surface area contributed by atoms with Crippen molar-refractivity contribution in [3.05, 3.63) is 0 Å². The van der Waals surface area contributed by atoms with E-state index in [-0.39, 0.29) is 12.1 Å². The van der Waals surface area contributed by atoms with Gasteiger partial charge in [-0.2, -0.15) is 0 Å². The molecule has 1 aliphatic heterocycles. The first-order valence-corrected chi connectivity index (χ1v) is 2.77. The number of aldehydes is 1. The van der Waals surface area contributed by atoms with Crippen molar-refractivity contribution in [2.75, 3.05) is 6.54 Å². The predicted octanol–water partition coefficient (Wildman–Crippen LogP) is -1.13. The van der Waals surface area contributed by atoms with Crippen LogP contribution >= 0.6 is 0 Å². The fourth-order valence-corrected chi connectivity index (χ4v) is 0.899. The molecule has 3 N–H and O–H groups in total. The second kappa shape index (κ2) is 2.24. The van der Waals surface area contributed by atoms with Gasteiger partial charge in [-0.25, -0.2) is 0 Å². The van der Waals surface area contributed by atoms with Crippen LogP contribution in [0.5, 0.6) is 0 Å². The summed E-state index contributed by atoms with van der Waals surface area (Å²) < 4.78 is 0. The van der Waals surface area contributed by atoms with Crippen molar-refractivity contribution >= 4 is 6.29 Å². The second-order valence-corrected chi connectivity index (χ2v) is 2.15. The molecule has 46 valence electrons. The summed E-state index contributed by atoms with van der Waals surface area (Å²) in [7, 11) is 0. The lowest BCUT2D eigenvalue weighted by Gasteiger charge is -1.95. The summed E-state index contributed by atoms with van der Waals surface area (Å²) in [6.07, 6.45) is 1.70. The van der Waals surface area contributed by atoms with Crippen LogP contribution in [0.1, 0.15) is 6.42 Å². The maximum atomic E-state index is 10.0. The lowest BCUT2D eigenvalue weighted by molar-refractivity contribution is -0.109. The molecule has 8 heavy (non-hydrogen) atoms. The summed E-state index contributed by atoms with van der Waals surface area (Å²) >= 11 is 0. The highest BCUT2D eigenvalue weighted by atomic mass is 16.1. The van der Waals surface area contributed by atoms with Crippen LogP contribution < -0.4 is 11.1 Å². The number of nitrogens with two attached hydrogens (primary N) is 1. The van der Waals surface area contributed by atoms with Gasteiger partial charge in [0, 0.05) is 12.6 Å². The maximum Gasteiger partial charge on any atom is 0.136 e. The number of nitrogens with one attached hydrogen (secondary N) is 1. The van der Waals surface area contributed by atoms with Gasteiger partial charge in [0.1, 0.15) is 6.29 Å². The molecule has 0 saturated carbocycles. The van der Waals surface area contributed by atoms with E-state index in [1.807, 2.05) is 0 Å². The van der Waals surface area contributed by atoms with Gasteiger partial charge >= 0.3 is 0 Å². The van der Waals surface area contributed by atoms with Crippen LogP contribution in [0.15, 0.2) is 0 Å². The van der Waals surface area contributed by atoms with Crippen LogP contribution in [0.4, 0.5) is 0 Å². The molecule has 3 heteroatoms. The van der Waals surface area contributed by atoms with Gasteiger partial charge in [0.25, 0.3) is 0 Å². The summed E-state index contributed by atoms with van der Waals surface area (Å²) in [4.78, 5) is 10.0. The molecule has 1 saturated heterocycles. The average Bonchev–Trinajstić information content (AvgIpc) is 2.14. The van der Waals surface area contributed by atoms with Gasteiger partial charge in [0.05, 0.1) is 6.04 Å². The molecule has 1 heterocycles. The minimum atomic E-state index is 0.0185. The smallest absolute Gasteiger partial charge is 0.136 e. The molecule has 1 rings (SSSR count). The Kier molecular flexibility index (Phi) is 1.60. The Morgan fingerprint density at radius 2 is 2.50 bits per heavy atom. The molecular weight excluding hydrogens is 104 g/mol. The molecule has 0 amide bonds. The minimum Gasteiger partial charge on any atom is -0.326 e. The van der Waals surface area contributed by atoms with Crippen molar-refractivity contribution in [1.29, 1.82) is 0 Å². The molecule has 0 radical (unpaired) electrons. The van der Waals surface area contributed by atoms with Crippen LogP contribution in [0.25, 0.3) is 0 Å². The van der Waals surface area contributed by atoms with E-state index in [1.165, 1.54) is 0 Å². The molecule has 3 nitrogen and oxygen atoms in total. The van der Waals surface area contributed by atoms with Crippen molar-refractivity contribution in [2.24, 2.45) is 5.73 Å². The van der Waals surface area contributed by atoms with Crippen LogP contribution in [-0.2, 0) is 4.79 Å². The first-order valence-electron chi connectivity index (χ1n) is 2.77. The van der Waals surface area contributed by atoms with E-state index in [9.17, 15) is 4.79 Å². The van der Waals surface area contributed by atoms with E-state index >= 15 is 0 Å². The molecule has 0 aromatic heterocycles. The molecule has 0 spiro atoms. The monoisotopic (exact) mass is 114 g/mol. The quantitative estimate of drug-likeness (QED) is 0.424. The number of carbonyl (C=O) groups is 1. The van der Waals surface area contributed by atoms with Crippen molar-refractivity contribution in [2.45, 2.75) is 18.5 Å². The fourth-order valence-electron chi connectivity index (χ4n) is 0.899. The van der Waals surface area contributed by atoms with Gasteiger partial charge in [-0.1, -0.05) is 0 Å². The summed E-state index contributed by atoms with van der Waals surface area (Å²) in [6, 6.07) is 0.204. The molecule has 1 aliphatic rings. The number of hydrogen-bond donors (Lipinski definition) is 2. The van der Waals surface area contributed by atoms with Crippen molar-refractivity contribution in [3.8, 4) is 0 Å². The van der Waals surface area contributed by atoms with Crippen LogP contribution in [0.2, 0.25) is 0 Å². The van der Waals surface area contributed by atoms with Crippen molar-refractivity contribution in [3.63, 3.8) is 0 Å². The molecule has 2 atom stereocenters. The highest BCUT2D eigenvalue weighted by Gasteiger charge is 2.19. The lowest BCUT2D eigenvalue weighted by Crippen LogP contribution is -2.23. The van der Waals surface area contributed by atoms with Gasteiger partial charge in [0.2, 0.25) is 0 Å². The number of hydrogen-bond acceptors (Lipinski definition) is 3. The third-order valence-corrected chi connectivity index (χ3v) is 1.36. The zero-order chi connectivity index (χ0) is 5.98. The summed E-state index contributed by atoms with van der Waals surface area (Å²) in [6.45, 7) is 0.781. The normalized spacial score (nSPS) is 37.6. The molecule has 2 unspecified atom stereocenters. The third-order valence-electron chi connectivity index (χ3n) is 1.36. The number of carbonyl (C=O) groups excluding carboxylic acids is 1. The zero-order valence-electron chi connectivity index (χ0n) is 4.63. The van der Waals surface area contributed by atoms with Crippen LogP contribution in [0.3, 0.4) is 0 Å². The van der Waals surface area contributed by atoms with E-state index in [1.54, 1.807) is 0 Å². The van der Waals surface area contributed by atoms with E-state index < -0.39 is 0 Å². The first kappa shape index (κ1) is 5.72. The first-order chi connectivity index (χ1) is 3.83. The standard InChI is InChI=1S/C5H10N2O/c6-4-1-5(3-8)7-2-4/h3-5,7H,1-2,6H2. The molecule has 0 aromatic carbocycles. The van der Waals surface area contributed by atoms with Crippen molar-refractivity contribution in [1.82, 2.24) is 5.32 Å². The molecular formula is C5H10N2O. The fraction of sp³-hybridized carbons (Fsp3) is 0.800. The predicted molar refractivity (Wildman–Crippen MR) is 30.4 cm³/mol. The Hall–Kier alpha value is -0.410. The van der Waals surface area contributed by atoms with E-state index in [4.69, 9.17) is 5.73 Å². The van der Waals surface area contributed by atoms with Gasteiger partial charge in [-0.3, -0.25) is 0 Å². The van der Waals surface area contributed by atoms with Gasteiger partial charge in [-0.15, -0.1) is 0 Å². The van der Waals surface area contributed by atoms with Gasteiger partial charge in [0.15, 0.2) is 0 Å². The summed E-state index contributed by atoms with van der Waals surface area (Å²) in [5.74, 6) is 0. The average molecular weight is 114 g/mol. The SMILES string of the molecule is NC1CNC(C=O)C1. The Labute approximate surface area is 48.2 Å². The zero-order valence-corrected chi connectivity index (χ0v) is 4.63. The lowest BCUT2D eigenvalue weighted by atomic mass is 10.2. The van der Waals surface area contributed by atoms with E-state index in [0.29, 0.717) is 0 Å². The van der Waals surface area contributed by atoms with Gasteiger partial charge < -0.3 is 15.8 Å². The second-order valence-electron chi connectivity index (χ2n) is 2.15. The van der Waals surface area contributed by atoms with Crippen molar-refractivity contribution < 1.29 is 4.79 Å². The third kappa shape index (κ3) is 1.05. The molecule has 0 bridgehead atoms. The van der Waals surface area contributed by atoms with Crippen LogP contribution in [-0.4, -0.2) is 24.9 Å². The van der Waals surface area contributed by atoms with E-state index in [2.05, 4.69) is 5.32 Å².